The molecule has 0 bridgehead atoms. The van der Waals surface area contributed by atoms with E-state index in [1.165, 1.54) is 0 Å². The Kier molecular flexibility index (Phi) is 5.44. The molecule has 1 aromatic carbocycles. The van der Waals surface area contributed by atoms with Gasteiger partial charge in [0.2, 0.25) is 0 Å². The van der Waals surface area contributed by atoms with Crippen molar-refractivity contribution in [1.82, 2.24) is 4.90 Å². The van der Waals surface area contributed by atoms with E-state index in [0.29, 0.717) is 50.5 Å². The van der Waals surface area contributed by atoms with Gasteiger partial charge in [0.1, 0.15) is 6.10 Å². The molecule has 0 spiro atoms. The standard InChI is InChI=1S/C17H23N3O4/c18-11-14-5-6-15(24-14)16(21)19-13-3-1-12(2-4-13)17(22)20-7-9-23-10-8-20/h1-4,14-15H,5-11,18H2,(H,19,21)/t14-,15+/m1/s1. The molecule has 1 aromatic rings. The van der Waals surface area contributed by atoms with Crippen molar-refractivity contribution in [3.63, 3.8) is 0 Å². The van der Waals surface area contributed by atoms with Crippen LogP contribution in [0.4, 0.5) is 5.69 Å². The molecule has 0 aromatic heterocycles. The van der Waals surface area contributed by atoms with E-state index in [1.54, 1.807) is 29.2 Å². The highest BCUT2D eigenvalue weighted by molar-refractivity contribution is 5.97. The predicted octanol–water partition coefficient (Wildman–Crippen LogP) is 0.604. The third-order valence-corrected chi connectivity index (χ3v) is 4.36. The van der Waals surface area contributed by atoms with Crippen LogP contribution in [-0.2, 0) is 14.3 Å². The Bertz CT molecular complexity index is 584. The van der Waals surface area contributed by atoms with Gasteiger partial charge in [-0.15, -0.1) is 0 Å². The third kappa shape index (κ3) is 3.92. The van der Waals surface area contributed by atoms with E-state index < -0.39 is 6.10 Å². The Hall–Kier alpha value is -1.96. The van der Waals surface area contributed by atoms with E-state index in [-0.39, 0.29) is 17.9 Å². The van der Waals surface area contributed by atoms with Gasteiger partial charge in [-0.1, -0.05) is 0 Å². The summed E-state index contributed by atoms with van der Waals surface area (Å²) in [6.07, 6.45) is 1.01. The lowest BCUT2D eigenvalue weighted by molar-refractivity contribution is -0.126. The summed E-state index contributed by atoms with van der Waals surface area (Å²) in [5.41, 5.74) is 6.81. The molecule has 0 radical (unpaired) electrons. The lowest BCUT2D eigenvalue weighted by atomic mass is 10.1. The van der Waals surface area contributed by atoms with Crippen LogP contribution in [0.3, 0.4) is 0 Å². The molecular weight excluding hydrogens is 310 g/mol. The minimum atomic E-state index is -0.451. The monoisotopic (exact) mass is 333 g/mol. The van der Waals surface area contributed by atoms with Crippen molar-refractivity contribution in [3.8, 4) is 0 Å². The lowest BCUT2D eigenvalue weighted by Gasteiger charge is -2.26. The summed E-state index contributed by atoms with van der Waals surface area (Å²) in [4.78, 5) is 26.3. The molecule has 2 aliphatic heterocycles. The van der Waals surface area contributed by atoms with Gasteiger partial charge in [0.05, 0.1) is 19.3 Å². The number of morpholine rings is 1. The van der Waals surface area contributed by atoms with Crippen LogP contribution in [0.5, 0.6) is 0 Å². The fourth-order valence-electron chi connectivity index (χ4n) is 2.94. The predicted molar refractivity (Wildman–Crippen MR) is 88.7 cm³/mol. The van der Waals surface area contributed by atoms with Crippen molar-refractivity contribution in [3.05, 3.63) is 29.8 Å². The molecule has 2 atom stereocenters. The highest BCUT2D eigenvalue weighted by Gasteiger charge is 2.29. The number of nitrogens with one attached hydrogen (secondary N) is 1. The average Bonchev–Trinajstić information content (AvgIpc) is 3.12. The molecular formula is C17H23N3O4. The zero-order valence-electron chi connectivity index (χ0n) is 13.6. The Labute approximate surface area is 141 Å². The Morgan fingerprint density at radius 1 is 1.17 bits per heavy atom. The Morgan fingerprint density at radius 3 is 2.50 bits per heavy atom. The Balaban J connectivity index is 1.56. The molecule has 130 valence electrons. The molecule has 0 saturated carbocycles. The van der Waals surface area contributed by atoms with Crippen molar-refractivity contribution in [1.29, 1.82) is 0 Å². The second-order valence-corrected chi connectivity index (χ2v) is 6.03. The number of ether oxygens (including phenoxy) is 2. The van der Waals surface area contributed by atoms with Gasteiger partial charge < -0.3 is 25.4 Å². The number of carbonyl (C=O) groups is 2. The maximum Gasteiger partial charge on any atom is 0.254 e. The quantitative estimate of drug-likeness (QED) is 0.842. The molecule has 2 fully saturated rings. The summed E-state index contributed by atoms with van der Waals surface area (Å²) in [6, 6.07) is 6.93. The number of nitrogens with two attached hydrogens (primary N) is 1. The smallest absolute Gasteiger partial charge is 0.254 e. The van der Waals surface area contributed by atoms with Crippen LogP contribution in [0.2, 0.25) is 0 Å². The largest absolute Gasteiger partial charge is 0.378 e. The summed E-state index contributed by atoms with van der Waals surface area (Å²) in [5.74, 6) is -0.181. The summed E-state index contributed by atoms with van der Waals surface area (Å²) < 4.78 is 10.8. The summed E-state index contributed by atoms with van der Waals surface area (Å²) in [6.45, 7) is 2.80. The first kappa shape index (κ1) is 16.9. The maximum absolute atomic E-state index is 12.4. The fraction of sp³-hybridized carbons (Fsp3) is 0.529. The number of hydrogen-bond acceptors (Lipinski definition) is 5. The molecule has 2 saturated heterocycles. The summed E-state index contributed by atoms with van der Waals surface area (Å²) in [7, 11) is 0. The summed E-state index contributed by atoms with van der Waals surface area (Å²) in [5, 5.41) is 2.82. The van der Waals surface area contributed by atoms with Crippen molar-refractivity contribution in [2.75, 3.05) is 38.2 Å². The van der Waals surface area contributed by atoms with Crippen LogP contribution in [-0.4, -0.2) is 61.8 Å². The molecule has 2 aliphatic rings. The fourth-order valence-corrected chi connectivity index (χ4v) is 2.94. The highest BCUT2D eigenvalue weighted by atomic mass is 16.5. The van der Waals surface area contributed by atoms with E-state index >= 15 is 0 Å². The molecule has 3 rings (SSSR count). The van der Waals surface area contributed by atoms with E-state index in [9.17, 15) is 9.59 Å². The first-order valence-electron chi connectivity index (χ1n) is 8.31. The van der Waals surface area contributed by atoms with Crippen molar-refractivity contribution < 1.29 is 19.1 Å². The molecule has 2 amide bonds. The van der Waals surface area contributed by atoms with Gasteiger partial charge in [-0.05, 0) is 37.1 Å². The minimum Gasteiger partial charge on any atom is -0.378 e. The van der Waals surface area contributed by atoms with Gasteiger partial charge in [0.25, 0.3) is 11.8 Å². The van der Waals surface area contributed by atoms with Crippen LogP contribution in [0.1, 0.15) is 23.2 Å². The molecule has 2 heterocycles. The highest BCUT2D eigenvalue weighted by Crippen LogP contribution is 2.21. The Morgan fingerprint density at radius 2 is 1.88 bits per heavy atom. The number of carbonyl (C=O) groups excluding carboxylic acids is 2. The van der Waals surface area contributed by atoms with Gasteiger partial charge in [0, 0.05) is 30.9 Å². The average molecular weight is 333 g/mol. The SMILES string of the molecule is NC[C@H]1CC[C@@H](C(=O)Nc2ccc(C(=O)N3CCOCC3)cc2)O1. The number of anilines is 1. The van der Waals surface area contributed by atoms with Crippen molar-refractivity contribution in [2.45, 2.75) is 25.0 Å². The first-order valence-corrected chi connectivity index (χ1v) is 8.31. The summed E-state index contributed by atoms with van der Waals surface area (Å²) >= 11 is 0. The van der Waals surface area contributed by atoms with Crippen LogP contribution in [0.25, 0.3) is 0 Å². The van der Waals surface area contributed by atoms with Gasteiger partial charge in [0.15, 0.2) is 0 Å². The van der Waals surface area contributed by atoms with Gasteiger partial charge >= 0.3 is 0 Å². The van der Waals surface area contributed by atoms with Gasteiger partial charge in [-0.2, -0.15) is 0 Å². The van der Waals surface area contributed by atoms with E-state index in [1.807, 2.05) is 0 Å². The van der Waals surface area contributed by atoms with Gasteiger partial charge in [-0.3, -0.25) is 9.59 Å². The number of hydrogen-bond donors (Lipinski definition) is 2. The number of amides is 2. The first-order chi connectivity index (χ1) is 11.7. The van der Waals surface area contributed by atoms with Crippen LogP contribution in [0.15, 0.2) is 24.3 Å². The normalized spacial score (nSPS) is 24.0. The number of benzene rings is 1. The van der Waals surface area contributed by atoms with E-state index in [2.05, 4.69) is 5.32 Å². The third-order valence-electron chi connectivity index (χ3n) is 4.36. The van der Waals surface area contributed by atoms with Crippen LogP contribution in [0, 0.1) is 0 Å². The molecule has 7 heteroatoms. The second-order valence-electron chi connectivity index (χ2n) is 6.03. The number of nitrogens with zero attached hydrogens (tertiary/aromatic N) is 1. The molecule has 3 N–H and O–H groups in total. The topological polar surface area (TPSA) is 93.9 Å². The van der Waals surface area contributed by atoms with Crippen molar-refractivity contribution in [2.24, 2.45) is 5.73 Å². The second kappa shape index (κ2) is 7.74. The van der Waals surface area contributed by atoms with E-state index in [0.717, 1.165) is 6.42 Å². The van der Waals surface area contributed by atoms with Crippen molar-refractivity contribution >= 4 is 17.5 Å². The lowest BCUT2D eigenvalue weighted by Crippen LogP contribution is -2.40. The molecule has 24 heavy (non-hydrogen) atoms. The zero-order valence-corrected chi connectivity index (χ0v) is 13.6. The number of rotatable bonds is 4. The molecule has 7 nitrogen and oxygen atoms in total. The zero-order chi connectivity index (χ0) is 16.9. The van der Waals surface area contributed by atoms with Crippen LogP contribution < -0.4 is 11.1 Å². The van der Waals surface area contributed by atoms with E-state index in [4.69, 9.17) is 15.2 Å². The molecule has 0 unspecified atom stereocenters. The minimum absolute atomic E-state index is 0.0129. The van der Waals surface area contributed by atoms with Gasteiger partial charge in [-0.25, -0.2) is 0 Å². The van der Waals surface area contributed by atoms with Crippen LogP contribution >= 0.6 is 0 Å². The molecule has 0 aliphatic carbocycles. The maximum atomic E-state index is 12.4.